The molecule has 0 radical (unpaired) electrons. The van der Waals surface area contributed by atoms with Crippen LogP contribution in [-0.4, -0.2) is 20.9 Å². The highest BCUT2D eigenvalue weighted by Crippen LogP contribution is 2.29. The molecule has 21 heavy (non-hydrogen) atoms. The zero-order chi connectivity index (χ0) is 14.8. The van der Waals surface area contributed by atoms with Gasteiger partial charge in [-0.25, -0.2) is 4.99 Å². The monoisotopic (exact) mass is 362 g/mol. The molecule has 0 aliphatic carbocycles. The van der Waals surface area contributed by atoms with Crippen molar-refractivity contribution >= 4 is 50.5 Å². The van der Waals surface area contributed by atoms with E-state index in [2.05, 4.69) is 31.3 Å². The predicted octanol–water partition coefficient (Wildman–Crippen LogP) is 3.71. The standard InChI is InChI=1S/C14H11BrN4OS/c1-19-8-9(7-16-19)5-12-13(18-14(20)21-12)17-11-4-2-3-10(15)6-11/h2-8H,1H3,(H,17,18,20). The number of amidine groups is 1. The maximum atomic E-state index is 11.6. The molecule has 106 valence electrons. The number of aryl methyl sites for hydroxylation is 1. The Bertz CT molecular complexity index is 766. The van der Waals surface area contributed by atoms with E-state index in [0.29, 0.717) is 5.84 Å². The van der Waals surface area contributed by atoms with Crippen molar-refractivity contribution in [3.05, 3.63) is 51.6 Å². The zero-order valence-corrected chi connectivity index (χ0v) is 13.5. The molecular weight excluding hydrogens is 352 g/mol. The zero-order valence-electron chi connectivity index (χ0n) is 11.1. The molecule has 1 amide bonds. The normalized spacial score (nSPS) is 18.5. The summed E-state index contributed by atoms with van der Waals surface area (Å²) in [6.07, 6.45) is 5.52. The second kappa shape index (κ2) is 5.87. The quantitative estimate of drug-likeness (QED) is 0.885. The summed E-state index contributed by atoms with van der Waals surface area (Å²) in [7, 11) is 1.85. The molecule has 1 fully saturated rings. The van der Waals surface area contributed by atoms with Crippen molar-refractivity contribution in [3.8, 4) is 0 Å². The Balaban J connectivity index is 1.96. The van der Waals surface area contributed by atoms with Gasteiger partial charge in [0.15, 0.2) is 0 Å². The van der Waals surface area contributed by atoms with Gasteiger partial charge in [-0.05, 0) is 36.0 Å². The number of nitrogens with one attached hydrogen (secondary N) is 1. The van der Waals surface area contributed by atoms with E-state index in [4.69, 9.17) is 0 Å². The Hall–Kier alpha value is -1.86. The summed E-state index contributed by atoms with van der Waals surface area (Å²) < 4.78 is 2.66. The first-order valence-electron chi connectivity index (χ1n) is 6.14. The summed E-state index contributed by atoms with van der Waals surface area (Å²) in [6.45, 7) is 0. The molecule has 1 aromatic carbocycles. The first kappa shape index (κ1) is 14.1. The molecule has 2 heterocycles. The third-order valence-electron chi connectivity index (χ3n) is 2.73. The molecule has 1 N–H and O–H groups in total. The maximum absolute atomic E-state index is 11.6. The molecule has 0 unspecified atom stereocenters. The summed E-state index contributed by atoms with van der Waals surface area (Å²) in [4.78, 5) is 16.9. The number of carbonyl (C=O) groups excluding carboxylic acids is 1. The van der Waals surface area contributed by atoms with Crippen LogP contribution in [0.4, 0.5) is 10.5 Å². The minimum absolute atomic E-state index is 0.126. The fourth-order valence-electron chi connectivity index (χ4n) is 1.85. The summed E-state index contributed by atoms with van der Waals surface area (Å²) in [5.41, 5.74) is 1.71. The first-order chi connectivity index (χ1) is 10.1. The molecule has 0 spiro atoms. The van der Waals surface area contributed by atoms with E-state index in [-0.39, 0.29) is 5.24 Å². The Morgan fingerprint density at radius 1 is 1.48 bits per heavy atom. The lowest BCUT2D eigenvalue weighted by atomic mass is 10.3. The van der Waals surface area contributed by atoms with Gasteiger partial charge in [0.2, 0.25) is 0 Å². The average Bonchev–Trinajstić information content (AvgIpc) is 2.97. The van der Waals surface area contributed by atoms with Gasteiger partial charge < -0.3 is 5.32 Å². The molecule has 3 rings (SSSR count). The van der Waals surface area contributed by atoms with Gasteiger partial charge in [0.1, 0.15) is 5.84 Å². The van der Waals surface area contributed by atoms with E-state index in [1.165, 1.54) is 0 Å². The number of amides is 1. The lowest BCUT2D eigenvalue weighted by molar-refractivity contribution is 0.265. The van der Waals surface area contributed by atoms with Gasteiger partial charge in [0.25, 0.3) is 5.24 Å². The SMILES string of the molecule is Cn1cc(C=C2SC(=O)NC2=Nc2cccc(Br)c2)cn1. The number of hydrogen-bond donors (Lipinski definition) is 1. The number of rotatable bonds is 2. The smallest absolute Gasteiger partial charge is 0.289 e. The molecule has 7 heteroatoms. The van der Waals surface area contributed by atoms with Crippen LogP contribution >= 0.6 is 27.7 Å². The van der Waals surface area contributed by atoms with Crippen molar-refractivity contribution < 1.29 is 4.79 Å². The van der Waals surface area contributed by atoms with Crippen molar-refractivity contribution in [2.75, 3.05) is 0 Å². The van der Waals surface area contributed by atoms with Gasteiger partial charge in [0.05, 0.1) is 16.8 Å². The number of thioether (sulfide) groups is 1. The molecule has 5 nitrogen and oxygen atoms in total. The summed E-state index contributed by atoms with van der Waals surface area (Å²) in [5.74, 6) is 0.562. The lowest BCUT2D eigenvalue weighted by Gasteiger charge is -1.99. The average molecular weight is 363 g/mol. The van der Waals surface area contributed by atoms with E-state index in [0.717, 1.165) is 32.4 Å². The number of carbonyl (C=O) groups is 1. The summed E-state index contributed by atoms with van der Waals surface area (Å²) >= 11 is 4.54. The fourth-order valence-corrected chi connectivity index (χ4v) is 2.98. The van der Waals surface area contributed by atoms with E-state index in [9.17, 15) is 4.79 Å². The van der Waals surface area contributed by atoms with Crippen LogP contribution in [0.3, 0.4) is 0 Å². The summed E-state index contributed by atoms with van der Waals surface area (Å²) in [5, 5.41) is 6.75. The van der Waals surface area contributed by atoms with Crippen LogP contribution in [0.15, 0.2) is 51.0 Å². The van der Waals surface area contributed by atoms with Crippen LogP contribution in [0.1, 0.15) is 5.56 Å². The van der Waals surface area contributed by atoms with Gasteiger partial charge in [-0.15, -0.1) is 0 Å². The Morgan fingerprint density at radius 3 is 3.05 bits per heavy atom. The largest absolute Gasteiger partial charge is 0.300 e. The van der Waals surface area contributed by atoms with Crippen LogP contribution < -0.4 is 5.32 Å². The number of aromatic nitrogens is 2. The number of benzene rings is 1. The Labute approximate surface area is 134 Å². The van der Waals surface area contributed by atoms with Crippen LogP contribution in [0.2, 0.25) is 0 Å². The van der Waals surface area contributed by atoms with Gasteiger partial charge in [-0.2, -0.15) is 5.10 Å². The maximum Gasteiger partial charge on any atom is 0.289 e. The minimum Gasteiger partial charge on any atom is -0.300 e. The third kappa shape index (κ3) is 3.43. The Morgan fingerprint density at radius 2 is 2.33 bits per heavy atom. The van der Waals surface area contributed by atoms with Gasteiger partial charge in [-0.3, -0.25) is 9.48 Å². The van der Waals surface area contributed by atoms with Crippen molar-refractivity contribution in [2.24, 2.45) is 12.0 Å². The van der Waals surface area contributed by atoms with E-state index >= 15 is 0 Å². The van der Waals surface area contributed by atoms with Crippen molar-refractivity contribution in [1.29, 1.82) is 0 Å². The molecule has 0 bridgehead atoms. The van der Waals surface area contributed by atoms with Crippen LogP contribution in [0, 0.1) is 0 Å². The highest BCUT2D eigenvalue weighted by atomic mass is 79.9. The van der Waals surface area contributed by atoms with Crippen molar-refractivity contribution in [1.82, 2.24) is 15.1 Å². The second-order valence-corrected chi connectivity index (χ2v) is 6.34. The van der Waals surface area contributed by atoms with Crippen LogP contribution in [0.25, 0.3) is 6.08 Å². The van der Waals surface area contributed by atoms with Crippen molar-refractivity contribution in [2.45, 2.75) is 0 Å². The Kier molecular flexibility index (Phi) is 3.94. The van der Waals surface area contributed by atoms with Crippen LogP contribution in [-0.2, 0) is 7.05 Å². The summed E-state index contributed by atoms with van der Waals surface area (Å²) in [6, 6.07) is 7.61. The highest BCUT2D eigenvalue weighted by Gasteiger charge is 2.23. The van der Waals surface area contributed by atoms with Gasteiger partial charge in [0, 0.05) is 23.3 Å². The first-order valence-corrected chi connectivity index (χ1v) is 7.75. The van der Waals surface area contributed by atoms with E-state index in [1.54, 1.807) is 10.9 Å². The molecule has 1 aromatic heterocycles. The van der Waals surface area contributed by atoms with Gasteiger partial charge in [-0.1, -0.05) is 22.0 Å². The molecule has 0 saturated carbocycles. The van der Waals surface area contributed by atoms with E-state index < -0.39 is 0 Å². The molecule has 2 aromatic rings. The molecule has 0 atom stereocenters. The number of nitrogens with zero attached hydrogens (tertiary/aromatic N) is 3. The predicted molar refractivity (Wildman–Crippen MR) is 88.5 cm³/mol. The lowest BCUT2D eigenvalue weighted by Crippen LogP contribution is -2.18. The number of hydrogen-bond acceptors (Lipinski definition) is 4. The second-order valence-electron chi connectivity index (χ2n) is 4.41. The fraction of sp³-hybridized carbons (Fsp3) is 0.0714. The van der Waals surface area contributed by atoms with Crippen LogP contribution in [0.5, 0.6) is 0 Å². The molecule has 1 aliphatic heterocycles. The molecule has 1 saturated heterocycles. The highest BCUT2D eigenvalue weighted by molar-refractivity contribution is 9.10. The molecule has 1 aliphatic rings. The van der Waals surface area contributed by atoms with Gasteiger partial charge >= 0.3 is 0 Å². The number of aliphatic imine (C=N–C) groups is 1. The van der Waals surface area contributed by atoms with Crippen molar-refractivity contribution in [3.63, 3.8) is 0 Å². The van der Waals surface area contributed by atoms with E-state index in [1.807, 2.05) is 43.6 Å². The topological polar surface area (TPSA) is 59.3 Å². The third-order valence-corrected chi connectivity index (χ3v) is 4.04. The minimum atomic E-state index is -0.126. The number of halogens is 1. The molecular formula is C14H11BrN4OS.